The lowest BCUT2D eigenvalue weighted by Crippen LogP contribution is -2.32. The van der Waals surface area contributed by atoms with Crippen LogP contribution in [-0.2, 0) is 59.1 Å². The van der Waals surface area contributed by atoms with Gasteiger partial charge in [0.15, 0.2) is 17.3 Å². The first-order valence-corrected chi connectivity index (χ1v) is 17.3. The summed E-state index contributed by atoms with van der Waals surface area (Å²) in [7, 11) is -15.5. The molecule has 3 aliphatic rings. The Morgan fingerprint density at radius 1 is 0.490 bits per heavy atom. The molecule has 9 N–H and O–H groups in total. The second kappa shape index (κ2) is 13.4. The molecular formula is C24H18N6O18S3. The van der Waals surface area contributed by atoms with E-state index in [-0.39, 0.29) is 0 Å². The maximum atomic E-state index is 12.9. The van der Waals surface area contributed by atoms with Crippen molar-refractivity contribution < 1.29 is 83.0 Å². The molecule has 0 aromatic carbocycles. The van der Waals surface area contributed by atoms with Crippen molar-refractivity contribution in [1.82, 2.24) is 15.0 Å². The SMILES string of the molecule is O=C(O)C1C=C(S(=O)(=O)O)C=C(Nc2nc(NC3=CC(S(=O)(=O)O)=CC(C(=O)O)C3=O)nc(NC3=CC(S(=O)(=O)O)=CC(C(=O)O)C3=O)n2)C1=O. The van der Waals surface area contributed by atoms with Gasteiger partial charge < -0.3 is 31.3 Å². The van der Waals surface area contributed by atoms with Gasteiger partial charge in [0.05, 0.1) is 31.8 Å². The smallest absolute Gasteiger partial charge is 0.318 e. The lowest BCUT2D eigenvalue weighted by atomic mass is 9.96. The van der Waals surface area contributed by atoms with Crippen LogP contribution < -0.4 is 16.0 Å². The fraction of sp³-hybridized carbons (Fsp3) is 0.125. The van der Waals surface area contributed by atoms with Crippen molar-refractivity contribution in [3.8, 4) is 0 Å². The number of hydrogen-bond acceptors (Lipinski definition) is 18. The topological polar surface area (TPSA) is 401 Å². The van der Waals surface area contributed by atoms with E-state index in [4.69, 9.17) is 0 Å². The molecule has 0 amide bonds. The first-order valence-electron chi connectivity index (χ1n) is 13.0. The van der Waals surface area contributed by atoms with E-state index in [2.05, 4.69) is 30.9 Å². The molecule has 0 radical (unpaired) electrons. The van der Waals surface area contributed by atoms with E-state index in [1.165, 1.54) is 0 Å². The molecule has 3 atom stereocenters. The van der Waals surface area contributed by atoms with Crippen LogP contribution in [0.2, 0.25) is 0 Å². The van der Waals surface area contributed by atoms with Gasteiger partial charge in [-0.1, -0.05) is 0 Å². The Morgan fingerprint density at radius 3 is 0.882 bits per heavy atom. The number of hydrogen-bond donors (Lipinski definition) is 9. The number of carboxylic acid groups (broad SMARTS) is 3. The van der Waals surface area contributed by atoms with E-state index < -0.39 is 133 Å². The molecule has 0 bridgehead atoms. The van der Waals surface area contributed by atoms with Crippen LogP contribution in [0, 0.1) is 17.8 Å². The molecule has 3 unspecified atom stereocenters. The molecule has 0 saturated carbocycles. The van der Waals surface area contributed by atoms with Crippen LogP contribution in [0.15, 0.2) is 68.3 Å². The molecule has 1 aromatic heterocycles. The number of nitrogens with one attached hydrogen (secondary N) is 3. The molecule has 270 valence electrons. The summed E-state index contributed by atoms with van der Waals surface area (Å²) >= 11 is 0. The first-order chi connectivity index (χ1) is 23.4. The molecule has 3 aliphatic carbocycles. The van der Waals surface area contributed by atoms with Gasteiger partial charge in [-0.05, 0) is 36.5 Å². The van der Waals surface area contributed by atoms with Crippen LogP contribution in [-0.4, -0.2) is 104 Å². The van der Waals surface area contributed by atoms with Crippen molar-refractivity contribution in [3.63, 3.8) is 0 Å². The van der Waals surface area contributed by atoms with Crippen molar-refractivity contribution in [2.24, 2.45) is 17.8 Å². The zero-order chi connectivity index (χ0) is 38.4. The Hall–Kier alpha value is -6.00. The standard InChI is InChI=1S/C24H18N6O18S3/c31-16-10(19(34)35)1-7(49(40,41)42)4-13(16)25-22-28-23(26-14-5-8(50(43,44)45)2-11(17(14)32)20(36)37)30-24(29-22)27-15-6-9(51(46,47)48)3-12(18(15)33)21(38)39/h1-6,10-12H,(H,34,35)(H,36,37)(H,38,39)(H,40,41,42)(H,43,44,45)(H,46,47,48)(H3,25,26,27,28,29,30). The third-order valence-electron chi connectivity index (χ3n) is 6.56. The average molecular weight is 775 g/mol. The summed E-state index contributed by atoms with van der Waals surface area (Å²) in [6.07, 6.45) is 2.51. The highest BCUT2D eigenvalue weighted by Crippen LogP contribution is 2.28. The van der Waals surface area contributed by atoms with E-state index in [1.807, 2.05) is 0 Å². The van der Waals surface area contributed by atoms with Crippen LogP contribution in [0.4, 0.5) is 17.8 Å². The largest absolute Gasteiger partial charge is 0.480 e. The molecule has 24 nitrogen and oxygen atoms in total. The Morgan fingerprint density at radius 2 is 0.706 bits per heavy atom. The van der Waals surface area contributed by atoms with Gasteiger partial charge in [-0.15, -0.1) is 0 Å². The molecule has 1 heterocycles. The number of aliphatic carboxylic acids is 3. The summed E-state index contributed by atoms with van der Waals surface area (Å²) in [5, 5.41) is 34.6. The predicted octanol–water partition coefficient (Wildman–Crippen LogP) is -2.08. The molecule has 4 rings (SSSR count). The second-order valence-electron chi connectivity index (χ2n) is 10.0. The molecule has 0 fully saturated rings. The molecule has 27 heteroatoms. The minimum Gasteiger partial charge on any atom is -0.480 e. The fourth-order valence-corrected chi connectivity index (χ4v) is 5.96. The number of carbonyl (C=O) groups excluding carboxylic acids is 3. The summed E-state index contributed by atoms with van der Waals surface area (Å²) in [6.45, 7) is 0. The molecule has 0 spiro atoms. The van der Waals surface area contributed by atoms with Gasteiger partial charge in [0, 0.05) is 0 Å². The van der Waals surface area contributed by atoms with E-state index in [1.54, 1.807) is 0 Å². The number of carbonyl (C=O) groups is 6. The number of Topliss-reactive ketones (excluding diaryl/α,β-unsaturated/α-hetero) is 3. The Labute approximate surface area is 282 Å². The zero-order valence-electron chi connectivity index (χ0n) is 24.3. The summed E-state index contributed by atoms with van der Waals surface area (Å²) in [5.74, 6) is -19.1. The van der Waals surface area contributed by atoms with E-state index >= 15 is 0 Å². The summed E-state index contributed by atoms with van der Waals surface area (Å²) < 4.78 is 99.0. The molecular weight excluding hydrogens is 756 g/mol. The predicted molar refractivity (Wildman–Crippen MR) is 162 cm³/mol. The molecule has 0 saturated heterocycles. The lowest BCUT2D eigenvalue weighted by molar-refractivity contribution is -0.144. The second-order valence-corrected chi connectivity index (χ2v) is 14.3. The van der Waals surface area contributed by atoms with E-state index in [0.29, 0.717) is 36.5 Å². The fourth-order valence-electron chi connectivity index (χ4n) is 4.24. The van der Waals surface area contributed by atoms with Crippen molar-refractivity contribution >= 4 is 83.5 Å². The number of allylic oxidation sites excluding steroid dienone is 6. The first kappa shape index (κ1) is 37.8. The van der Waals surface area contributed by atoms with Crippen molar-refractivity contribution in [1.29, 1.82) is 0 Å². The van der Waals surface area contributed by atoms with Gasteiger partial charge in [-0.25, -0.2) is 0 Å². The maximum Gasteiger partial charge on any atom is 0.318 e. The average Bonchev–Trinajstić information content (AvgIpc) is 2.98. The van der Waals surface area contributed by atoms with Crippen molar-refractivity contribution in [3.05, 3.63) is 68.3 Å². The van der Waals surface area contributed by atoms with Crippen molar-refractivity contribution in [2.45, 2.75) is 0 Å². The minimum absolute atomic E-state index is 0.388. The highest BCUT2D eigenvalue weighted by molar-refractivity contribution is 7.90. The number of nitrogens with zero attached hydrogens (tertiary/aromatic N) is 3. The van der Waals surface area contributed by atoms with E-state index in [0.717, 1.165) is 0 Å². The number of ketones is 3. The monoisotopic (exact) mass is 774 g/mol. The van der Waals surface area contributed by atoms with Gasteiger partial charge in [0.1, 0.15) is 17.8 Å². The summed E-state index contributed by atoms with van der Waals surface area (Å²) in [6, 6.07) is 0. The van der Waals surface area contributed by atoms with Gasteiger partial charge in [0.25, 0.3) is 30.4 Å². The molecule has 51 heavy (non-hydrogen) atoms. The summed E-state index contributed by atoms with van der Waals surface area (Å²) in [4.78, 5) is 81.5. The number of anilines is 3. The number of rotatable bonds is 12. The zero-order valence-corrected chi connectivity index (χ0v) is 26.8. The van der Waals surface area contributed by atoms with Crippen LogP contribution in [0.1, 0.15) is 0 Å². The maximum absolute atomic E-state index is 12.9. The van der Waals surface area contributed by atoms with Crippen LogP contribution >= 0.6 is 0 Å². The van der Waals surface area contributed by atoms with Gasteiger partial charge >= 0.3 is 17.9 Å². The molecule has 1 aromatic rings. The minimum atomic E-state index is -5.15. The van der Waals surface area contributed by atoms with Crippen molar-refractivity contribution in [2.75, 3.05) is 16.0 Å². The lowest BCUT2D eigenvalue weighted by Gasteiger charge is -2.20. The normalized spacial score (nSPS) is 21.2. The van der Waals surface area contributed by atoms with Gasteiger partial charge in [0.2, 0.25) is 17.8 Å². The van der Waals surface area contributed by atoms with E-state index in [9.17, 15) is 83.0 Å². The van der Waals surface area contributed by atoms with Gasteiger partial charge in [-0.2, -0.15) is 40.2 Å². The third-order valence-corrected chi connectivity index (χ3v) is 9.11. The Bertz CT molecular complexity index is 2100. The quantitative estimate of drug-likeness (QED) is 0.0813. The third kappa shape index (κ3) is 8.42. The highest BCUT2D eigenvalue weighted by Gasteiger charge is 2.37. The summed E-state index contributed by atoms with van der Waals surface area (Å²) in [5.41, 5.74) is -2.77. The van der Waals surface area contributed by atoms with Crippen LogP contribution in [0.25, 0.3) is 0 Å². The van der Waals surface area contributed by atoms with Gasteiger partial charge in [-0.3, -0.25) is 42.4 Å². The Kier molecular flexibility index (Phi) is 9.91. The Balaban J connectivity index is 1.88. The van der Waals surface area contributed by atoms with Crippen LogP contribution in [0.3, 0.4) is 0 Å². The highest BCUT2D eigenvalue weighted by atomic mass is 32.2. The molecule has 0 aliphatic heterocycles. The number of aromatic nitrogens is 3. The number of carboxylic acids is 3. The van der Waals surface area contributed by atoms with Crippen LogP contribution in [0.5, 0.6) is 0 Å².